The highest BCUT2D eigenvalue weighted by molar-refractivity contribution is 6.74. The highest BCUT2D eigenvalue weighted by Gasteiger charge is 2.36. The first-order chi connectivity index (χ1) is 17.1. The van der Waals surface area contributed by atoms with Gasteiger partial charge in [-0.15, -0.1) is 5.10 Å². The molecule has 0 bridgehead atoms. The van der Waals surface area contributed by atoms with E-state index in [-0.39, 0.29) is 11.3 Å². The van der Waals surface area contributed by atoms with Gasteiger partial charge in [0.05, 0.1) is 31.1 Å². The molecule has 36 heavy (non-hydrogen) atoms. The van der Waals surface area contributed by atoms with Gasteiger partial charge < -0.3 is 9.16 Å². The zero-order chi connectivity index (χ0) is 25.5. The number of hydrogen-bond donors (Lipinski definition) is 0. The summed E-state index contributed by atoms with van der Waals surface area (Å²) in [6.45, 7) is 13.3. The van der Waals surface area contributed by atoms with Crippen LogP contribution in [0.3, 0.4) is 0 Å². The molecule has 4 aromatic rings. The Kier molecular flexibility index (Phi) is 6.84. The van der Waals surface area contributed by atoms with Crippen LogP contribution in [0.25, 0.3) is 27.8 Å². The second-order valence-electron chi connectivity index (χ2n) is 11.1. The van der Waals surface area contributed by atoms with Crippen LogP contribution >= 0.6 is 11.6 Å². The van der Waals surface area contributed by atoms with Crippen LogP contribution in [0.15, 0.2) is 43.0 Å². The lowest BCUT2D eigenvalue weighted by Crippen LogP contribution is -2.41. The molecule has 1 aromatic carbocycles. The van der Waals surface area contributed by atoms with Gasteiger partial charge >= 0.3 is 0 Å². The van der Waals surface area contributed by atoms with E-state index in [0.717, 1.165) is 53.7 Å². The predicted molar refractivity (Wildman–Crippen MR) is 145 cm³/mol. The molecule has 1 saturated heterocycles. The zero-order valence-corrected chi connectivity index (χ0v) is 23.5. The van der Waals surface area contributed by atoms with E-state index in [1.165, 1.54) is 0 Å². The standard InChI is InChI=1S/C26H35ClN6O2Si/c1-26(2,3)36(4,5)35-13-11-31-18-24(29-30-31)32-17-22(21-10-9-20(27)14-23(21)32)19-15-28-33(16-19)25-8-6-7-12-34-25/h9-10,14-18,25H,6-8,11-13H2,1-5H3. The molecule has 1 atom stereocenters. The molecule has 192 valence electrons. The van der Waals surface area contributed by atoms with Crippen LogP contribution in [-0.4, -0.2) is 50.9 Å². The monoisotopic (exact) mass is 526 g/mol. The Balaban J connectivity index is 1.41. The highest BCUT2D eigenvalue weighted by atomic mass is 35.5. The summed E-state index contributed by atoms with van der Waals surface area (Å²) in [5, 5.41) is 15.4. The Morgan fingerprint density at radius 3 is 2.75 bits per heavy atom. The quantitative estimate of drug-likeness (QED) is 0.258. The molecule has 8 nitrogen and oxygen atoms in total. The van der Waals surface area contributed by atoms with Gasteiger partial charge in [0.1, 0.15) is 6.23 Å². The van der Waals surface area contributed by atoms with Crippen molar-refractivity contribution in [3.8, 4) is 16.9 Å². The number of aromatic nitrogens is 6. The number of rotatable bonds is 7. The van der Waals surface area contributed by atoms with Crippen molar-refractivity contribution in [3.63, 3.8) is 0 Å². The van der Waals surface area contributed by atoms with E-state index >= 15 is 0 Å². The van der Waals surface area contributed by atoms with Crippen LogP contribution in [0.4, 0.5) is 0 Å². The van der Waals surface area contributed by atoms with E-state index < -0.39 is 8.32 Å². The van der Waals surface area contributed by atoms with Gasteiger partial charge in [-0.1, -0.05) is 43.7 Å². The summed E-state index contributed by atoms with van der Waals surface area (Å²) in [6, 6.07) is 5.94. The van der Waals surface area contributed by atoms with E-state index in [2.05, 4.69) is 67.7 Å². The molecule has 5 rings (SSSR count). The van der Waals surface area contributed by atoms with E-state index in [4.69, 9.17) is 20.8 Å². The molecule has 10 heteroatoms. The predicted octanol–water partition coefficient (Wildman–Crippen LogP) is 6.46. The molecule has 1 fully saturated rings. The number of benzene rings is 1. The van der Waals surface area contributed by atoms with Crippen LogP contribution < -0.4 is 0 Å². The van der Waals surface area contributed by atoms with E-state index in [0.29, 0.717) is 18.2 Å². The minimum absolute atomic E-state index is 0.00346. The number of ether oxygens (including phenoxy) is 1. The summed E-state index contributed by atoms with van der Waals surface area (Å²) in [7, 11) is -1.80. The van der Waals surface area contributed by atoms with E-state index in [1.807, 2.05) is 38.5 Å². The number of hydrogen-bond acceptors (Lipinski definition) is 5. The maximum Gasteiger partial charge on any atom is 0.192 e. The average Bonchev–Trinajstić information content (AvgIpc) is 3.57. The molecule has 1 unspecified atom stereocenters. The molecule has 1 aliphatic rings. The SMILES string of the molecule is CC(C)(C)[Si](C)(C)OCCn1cc(-n2cc(-c3cnn(C4CCCCO4)c3)c3ccc(Cl)cc32)nn1. The average molecular weight is 527 g/mol. The van der Waals surface area contributed by atoms with Crippen molar-refractivity contribution in [3.05, 3.63) is 48.0 Å². The first-order valence-electron chi connectivity index (χ1n) is 12.6. The molecule has 0 amide bonds. The van der Waals surface area contributed by atoms with E-state index in [1.54, 1.807) is 0 Å². The third-order valence-electron chi connectivity index (χ3n) is 7.49. The molecule has 0 saturated carbocycles. The highest BCUT2D eigenvalue weighted by Crippen LogP contribution is 2.37. The molecule has 4 heterocycles. The number of nitrogens with zero attached hydrogens (tertiary/aromatic N) is 6. The number of halogens is 1. The van der Waals surface area contributed by atoms with Gasteiger partial charge in [-0.3, -0.25) is 4.57 Å². The Labute approximate surface area is 218 Å². The summed E-state index contributed by atoms with van der Waals surface area (Å²) in [5.74, 6) is 0.740. The van der Waals surface area contributed by atoms with Gasteiger partial charge in [-0.2, -0.15) is 5.10 Å². The smallest absolute Gasteiger partial charge is 0.192 e. The summed E-state index contributed by atoms with van der Waals surface area (Å²) in [4.78, 5) is 0. The molecule has 0 N–H and O–H groups in total. The van der Waals surface area contributed by atoms with Crippen molar-refractivity contribution in [2.75, 3.05) is 13.2 Å². The van der Waals surface area contributed by atoms with Crippen molar-refractivity contribution in [2.24, 2.45) is 0 Å². The molecule has 0 aliphatic carbocycles. The van der Waals surface area contributed by atoms with Gasteiger partial charge in [-0.25, -0.2) is 9.36 Å². The molecule has 3 aromatic heterocycles. The van der Waals surface area contributed by atoms with E-state index in [9.17, 15) is 0 Å². The molecule has 1 aliphatic heterocycles. The summed E-state index contributed by atoms with van der Waals surface area (Å²) >= 11 is 6.39. The topological polar surface area (TPSA) is 71.9 Å². The maximum absolute atomic E-state index is 6.39. The van der Waals surface area contributed by atoms with Crippen LogP contribution in [0.1, 0.15) is 46.3 Å². The number of fused-ring (bicyclic) bond motifs is 1. The minimum Gasteiger partial charge on any atom is -0.415 e. The third-order valence-corrected chi connectivity index (χ3v) is 12.3. The molecule has 0 radical (unpaired) electrons. The lowest BCUT2D eigenvalue weighted by Gasteiger charge is -2.36. The summed E-state index contributed by atoms with van der Waals surface area (Å²) < 4.78 is 18.1. The van der Waals surface area contributed by atoms with Crippen molar-refractivity contribution in [1.82, 2.24) is 29.3 Å². The third kappa shape index (κ3) is 5.02. The van der Waals surface area contributed by atoms with Crippen LogP contribution in [0, 0.1) is 0 Å². The Morgan fingerprint density at radius 1 is 1.17 bits per heavy atom. The largest absolute Gasteiger partial charge is 0.415 e. The van der Waals surface area contributed by atoms with Gasteiger partial charge in [0, 0.05) is 40.5 Å². The summed E-state index contributed by atoms with van der Waals surface area (Å²) in [5.41, 5.74) is 3.08. The molecular formula is C26H35ClN6O2Si. The second-order valence-corrected chi connectivity index (χ2v) is 16.3. The lowest BCUT2D eigenvalue weighted by molar-refractivity contribution is -0.0394. The van der Waals surface area contributed by atoms with Crippen molar-refractivity contribution < 1.29 is 9.16 Å². The first kappa shape index (κ1) is 25.2. The maximum atomic E-state index is 6.39. The lowest BCUT2D eigenvalue weighted by atomic mass is 10.1. The first-order valence-corrected chi connectivity index (χ1v) is 15.9. The van der Waals surface area contributed by atoms with Crippen molar-refractivity contribution in [1.29, 1.82) is 0 Å². The summed E-state index contributed by atoms with van der Waals surface area (Å²) in [6.07, 6.45) is 11.3. The van der Waals surface area contributed by atoms with Crippen LogP contribution in [-0.2, 0) is 15.7 Å². The fourth-order valence-electron chi connectivity index (χ4n) is 4.31. The van der Waals surface area contributed by atoms with Gasteiger partial charge in [0.25, 0.3) is 0 Å². The van der Waals surface area contributed by atoms with Gasteiger partial charge in [-0.05, 0) is 49.5 Å². The Hall–Kier alpha value is -2.46. The Morgan fingerprint density at radius 2 is 2.00 bits per heavy atom. The van der Waals surface area contributed by atoms with Gasteiger partial charge in [0.15, 0.2) is 14.1 Å². The van der Waals surface area contributed by atoms with Crippen LogP contribution in [0.2, 0.25) is 23.2 Å². The van der Waals surface area contributed by atoms with Crippen LogP contribution in [0.5, 0.6) is 0 Å². The van der Waals surface area contributed by atoms with Crippen molar-refractivity contribution >= 4 is 30.8 Å². The fraction of sp³-hybridized carbons (Fsp3) is 0.500. The Bertz CT molecular complexity index is 1350. The second kappa shape index (κ2) is 9.78. The minimum atomic E-state index is -1.80. The van der Waals surface area contributed by atoms with Gasteiger partial charge in [0.2, 0.25) is 0 Å². The molecular weight excluding hydrogens is 492 g/mol. The molecule has 0 spiro atoms. The van der Waals surface area contributed by atoms with Crippen molar-refractivity contribution in [2.45, 2.75) is 70.9 Å². The fourth-order valence-corrected chi connectivity index (χ4v) is 5.51. The normalized spacial score (nSPS) is 17.2. The zero-order valence-electron chi connectivity index (χ0n) is 21.7.